The first kappa shape index (κ1) is 49.8. The largest absolute Gasteiger partial charge is 1.00 e. The second-order valence-electron chi connectivity index (χ2n) is 14.9. The zero-order valence-electron chi connectivity index (χ0n) is 31.3. The smallest absolute Gasteiger partial charge is 0.220 e. The number of carbonyl (C=O) groups is 2. The van der Waals surface area contributed by atoms with Gasteiger partial charge in [-0.25, -0.2) is 0 Å². The van der Waals surface area contributed by atoms with Gasteiger partial charge in [0.25, 0.3) is 0 Å². The summed E-state index contributed by atoms with van der Waals surface area (Å²) >= 11 is 0. The number of nitrogens with zero attached hydrogens (tertiary/aromatic N) is 2. The number of aliphatic hydroxyl groups is 1. The summed E-state index contributed by atoms with van der Waals surface area (Å²) in [7, 11) is 8.47. The molecule has 46 heavy (non-hydrogen) atoms. The fraction of sp³-hybridized carbons (Fsp3) is 0.946. The Labute approximate surface area is 298 Å². The third kappa shape index (κ3) is 34.7. The van der Waals surface area contributed by atoms with E-state index in [1.165, 1.54) is 103 Å². The highest BCUT2D eigenvalue weighted by Crippen LogP contribution is 2.13. The van der Waals surface area contributed by atoms with Crippen LogP contribution in [0.2, 0.25) is 0 Å². The number of hydrogen-bond acceptors (Lipinski definition) is 3. The van der Waals surface area contributed by atoms with Crippen LogP contribution in [0, 0.1) is 0 Å². The van der Waals surface area contributed by atoms with E-state index in [9.17, 15) is 14.7 Å². The zero-order chi connectivity index (χ0) is 32.9. The van der Waals surface area contributed by atoms with Gasteiger partial charge in [-0.15, -0.1) is 0 Å². The highest BCUT2D eigenvalue weighted by atomic mass is 35.5. The van der Waals surface area contributed by atoms with Gasteiger partial charge in [-0.2, -0.15) is 0 Å². The maximum Gasteiger partial charge on any atom is 0.220 e. The van der Waals surface area contributed by atoms with E-state index in [-0.39, 0.29) is 36.6 Å². The molecule has 0 saturated carbocycles. The van der Waals surface area contributed by atoms with Gasteiger partial charge in [-0.05, 0) is 12.8 Å². The van der Waals surface area contributed by atoms with Crippen LogP contribution >= 0.6 is 0 Å². The van der Waals surface area contributed by atoms with Gasteiger partial charge in [-0.1, -0.05) is 129 Å². The van der Waals surface area contributed by atoms with Crippen LogP contribution in [0.3, 0.4) is 0 Å². The van der Waals surface area contributed by atoms with E-state index < -0.39 is 6.10 Å². The number of nitrogens with one attached hydrogen (secondary N) is 2. The highest BCUT2D eigenvalue weighted by molar-refractivity contribution is 5.76. The number of hydrogen-bond donors (Lipinski definition) is 3. The molecular formula is C37H78Cl2N4O3. The molecule has 0 unspecified atom stereocenters. The van der Waals surface area contributed by atoms with Crippen molar-refractivity contribution in [1.29, 1.82) is 0 Å². The van der Waals surface area contributed by atoms with Crippen molar-refractivity contribution in [3.05, 3.63) is 0 Å². The maximum atomic E-state index is 12.3. The summed E-state index contributed by atoms with van der Waals surface area (Å²) in [6.07, 6.45) is 26.4. The van der Waals surface area contributed by atoms with Crippen molar-refractivity contribution in [2.24, 2.45) is 0 Å². The van der Waals surface area contributed by atoms with Crippen molar-refractivity contribution in [3.63, 3.8) is 0 Å². The van der Waals surface area contributed by atoms with E-state index in [1.54, 1.807) is 0 Å². The monoisotopic (exact) mass is 697 g/mol. The van der Waals surface area contributed by atoms with Gasteiger partial charge in [0.15, 0.2) is 6.10 Å². The summed E-state index contributed by atoms with van der Waals surface area (Å²) < 4.78 is 1.32. The summed E-state index contributed by atoms with van der Waals surface area (Å²) in [4.78, 5) is 24.5. The van der Waals surface area contributed by atoms with Crippen LogP contribution in [0.15, 0.2) is 0 Å². The molecule has 278 valence electrons. The summed E-state index contributed by atoms with van der Waals surface area (Å²) in [5, 5.41) is 17.0. The Balaban J connectivity index is -0.00000924. The van der Waals surface area contributed by atoms with Crippen molar-refractivity contribution >= 4 is 11.8 Å². The van der Waals surface area contributed by atoms with Gasteiger partial charge < -0.3 is 49.5 Å². The Morgan fingerprint density at radius 2 is 0.761 bits per heavy atom. The van der Waals surface area contributed by atoms with Gasteiger partial charge in [0.2, 0.25) is 11.8 Å². The number of likely N-dealkylation sites (N-methyl/N-ethyl adjacent to an activating group) is 2. The molecular weight excluding hydrogens is 619 g/mol. The first-order valence-electron chi connectivity index (χ1n) is 18.9. The van der Waals surface area contributed by atoms with Crippen molar-refractivity contribution < 1.29 is 48.5 Å². The lowest BCUT2D eigenvalue weighted by atomic mass is 10.1. The minimum Gasteiger partial charge on any atom is -1.00 e. The lowest BCUT2D eigenvalue weighted by Crippen LogP contribution is -3.00. The molecule has 0 bridgehead atoms. The lowest BCUT2D eigenvalue weighted by Gasteiger charge is -2.36. The van der Waals surface area contributed by atoms with Crippen LogP contribution < -0.4 is 35.4 Å². The number of carbonyl (C=O) groups excluding carboxylic acids is 2. The molecule has 0 aliphatic rings. The Hall–Kier alpha value is -0.600. The molecule has 0 radical (unpaired) electrons. The molecule has 0 aromatic rings. The zero-order valence-corrected chi connectivity index (χ0v) is 32.8. The molecule has 0 aromatic carbocycles. The molecule has 0 heterocycles. The van der Waals surface area contributed by atoms with Gasteiger partial charge in [0.1, 0.15) is 13.1 Å². The lowest BCUT2D eigenvalue weighted by molar-refractivity contribution is -0.913. The molecule has 0 saturated heterocycles. The molecule has 9 heteroatoms. The minimum atomic E-state index is -0.440. The Morgan fingerprint density at radius 1 is 0.500 bits per heavy atom. The molecule has 0 aliphatic carbocycles. The van der Waals surface area contributed by atoms with E-state index >= 15 is 0 Å². The van der Waals surface area contributed by atoms with Crippen molar-refractivity contribution in [2.75, 3.05) is 67.5 Å². The van der Waals surface area contributed by atoms with E-state index in [2.05, 4.69) is 52.7 Å². The number of rotatable bonds is 32. The molecule has 0 aliphatic heterocycles. The SMILES string of the molecule is CCCCCCCCCCCCC(=O)NCC[N+](C)(C)CC(O)C[N+](C)(C)CCNC(=O)CCCCCCCCCCCC.[Cl-].[Cl-]. The molecule has 2 amide bonds. The predicted octanol–water partition coefficient (Wildman–Crippen LogP) is 1.36. The van der Waals surface area contributed by atoms with Crippen molar-refractivity contribution in [1.82, 2.24) is 10.6 Å². The predicted molar refractivity (Wildman–Crippen MR) is 189 cm³/mol. The molecule has 0 spiro atoms. The quantitative estimate of drug-likeness (QED) is 0.0735. The van der Waals surface area contributed by atoms with E-state index in [0.29, 0.717) is 48.0 Å². The number of halogens is 2. The highest BCUT2D eigenvalue weighted by Gasteiger charge is 2.27. The molecule has 3 N–H and O–H groups in total. The van der Waals surface area contributed by atoms with Gasteiger partial charge in [-0.3, -0.25) is 9.59 Å². The first-order valence-corrected chi connectivity index (χ1v) is 18.9. The fourth-order valence-corrected chi connectivity index (χ4v) is 6.10. The Morgan fingerprint density at radius 3 is 1.04 bits per heavy atom. The first-order chi connectivity index (χ1) is 21.0. The molecule has 7 nitrogen and oxygen atoms in total. The van der Waals surface area contributed by atoms with Gasteiger partial charge >= 0.3 is 0 Å². The van der Waals surface area contributed by atoms with Gasteiger partial charge in [0, 0.05) is 12.8 Å². The van der Waals surface area contributed by atoms with Crippen LogP contribution in [0.25, 0.3) is 0 Å². The van der Waals surface area contributed by atoms with Crippen molar-refractivity contribution in [2.45, 2.75) is 161 Å². The molecule has 0 atom stereocenters. The summed E-state index contributed by atoms with van der Waals surface area (Å²) in [5.74, 6) is 0.302. The second kappa shape index (κ2) is 32.9. The van der Waals surface area contributed by atoms with Crippen LogP contribution in [0.5, 0.6) is 0 Å². The third-order valence-corrected chi connectivity index (χ3v) is 9.00. The molecule has 0 rings (SSSR count). The number of aliphatic hydroxyl groups excluding tert-OH is 1. The number of quaternary nitrogens is 2. The summed E-state index contributed by atoms with van der Waals surface area (Å²) in [6, 6.07) is 0. The van der Waals surface area contributed by atoms with E-state index in [4.69, 9.17) is 0 Å². The van der Waals surface area contributed by atoms with Crippen LogP contribution in [-0.2, 0) is 9.59 Å². The van der Waals surface area contributed by atoms with E-state index in [1.807, 2.05) is 0 Å². The van der Waals surface area contributed by atoms with Crippen LogP contribution in [0.1, 0.15) is 155 Å². The average molecular weight is 698 g/mol. The number of amides is 2. The van der Waals surface area contributed by atoms with Crippen LogP contribution in [0.4, 0.5) is 0 Å². The Kier molecular flexibility index (Phi) is 35.6. The average Bonchev–Trinajstić information content (AvgIpc) is 2.94. The van der Waals surface area contributed by atoms with Crippen molar-refractivity contribution in [3.8, 4) is 0 Å². The fourth-order valence-electron chi connectivity index (χ4n) is 6.10. The topological polar surface area (TPSA) is 78.4 Å². The minimum absolute atomic E-state index is 0. The van der Waals surface area contributed by atoms with Gasteiger partial charge in [0.05, 0.1) is 54.4 Å². The molecule has 0 fully saturated rings. The standard InChI is InChI=1S/C37H76N4O3.2ClH/c1-7-9-11-13-15-17-19-21-23-25-27-36(43)38-29-31-40(3,4)33-35(42)34-41(5,6)32-30-39-37(44)28-26-24-22-20-18-16-14-12-10-8-2;;/h35,42H,7-34H2,1-6H3;2*1H. The van der Waals surface area contributed by atoms with Crippen LogP contribution in [-0.4, -0.2) is 99.5 Å². The maximum absolute atomic E-state index is 12.3. The van der Waals surface area contributed by atoms with E-state index in [0.717, 1.165) is 38.8 Å². The number of unbranched alkanes of at least 4 members (excludes halogenated alkanes) is 18. The Bertz CT molecular complexity index is 640. The normalized spacial score (nSPS) is 11.7. The second-order valence-corrected chi connectivity index (χ2v) is 14.9. The summed E-state index contributed by atoms with van der Waals surface area (Å²) in [6.45, 7) is 8.66. The molecule has 0 aromatic heterocycles. The summed E-state index contributed by atoms with van der Waals surface area (Å²) in [5.41, 5.74) is 0. The third-order valence-electron chi connectivity index (χ3n) is 9.00.